The first-order valence-electron chi connectivity index (χ1n) is 6.48. The summed E-state index contributed by atoms with van der Waals surface area (Å²) in [5.41, 5.74) is 6.74. The molecule has 1 aromatic rings. The maximum atomic E-state index is 6.12. The molecule has 0 amide bonds. The molecule has 0 aliphatic rings. The monoisotopic (exact) mass is 251 g/mol. The van der Waals surface area contributed by atoms with Gasteiger partial charge in [-0.3, -0.25) is 0 Å². The van der Waals surface area contributed by atoms with Crippen molar-refractivity contribution < 1.29 is 0 Å². The molecule has 18 heavy (non-hydrogen) atoms. The standard InChI is InChI=1S/C13H25N5/c1-9(2)6-18(7-10(3)4)13-11(14)12(15-5)16-8-17-13/h8-10H,6-7,14H2,1-5H3,(H,15,16,17). The summed E-state index contributed by atoms with van der Waals surface area (Å²) in [5.74, 6) is 2.65. The highest BCUT2D eigenvalue weighted by molar-refractivity contribution is 5.74. The van der Waals surface area contributed by atoms with Crippen LogP contribution >= 0.6 is 0 Å². The predicted octanol–water partition coefficient (Wildman–Crippen LogP) is 2.22. The van der Waals surface area contributed by atoms with Gasteiger partial charge in [0.2, 0.25) is 0 Å². The van der Waals surface area contributed by atoms with Crippen molar-refractivity contribution in [3.63, 3.8) is 0 Å². The van der Waals surface area contributed by atoms with Crippen LogP contribution in [0, 0.1) is 11.8 Å². The molecule has 0 atom stereocenters. The van der Waals surface area contributed by atoms with Crippen LogP contribution in [0.25, 0.3) is 0 Å². The van der Waals surface area contributed by atoms with E-state index in [1.54, 1.807) is 6.33 Å². The van der Waals surface area contributed by atoms with E-state index < -0.39 is 0 Å². The maximum Gasteiger partial charge on any atom is 0.157 e. The Balaban J connectivity index is 3.03. The average molecular weight is 251 g/mol. The number of nitrogens with one attached hydrogen (secondary N) is 1. The summed E-state index contributed by atoms with van der Waals surface area (Å²) in [5, 5.41) is 2.99. The van der Waals surface area contributed by atoms with Crippen molar-refractivity contribution in [1.29, 1.82) is 0 Å². The summed E-state index contributed by atoms with van der Waals surface area (Å²) in [6.45, 7) is 10.7. The van der Waals surface area contributed by atoms with Crippen LogP contribution < -0.4 is 16.0 Å². The lowest BCUT2D eigenvalue weighted by Gasteiger charge is -2.28. The molecule has 0 spiro atoms. The smallest absolute Gasteiger partial charge is 0.157 e. The summed E-state index contributed by atoms with van der Waals surface area (Å²) in [4.78, 5) is 10.7. The Hall–Kier alpha value is -1.52. The van der Waals surface area contributed by atoms with Crippen molar-refractivity contribution in [3.05, 3.63) is 6.33 Å². The van der Waals surface area contributed by atoms with Gasteiger partial charge in [0.15, 0.2) is 11.6 Å². The highest BCUT2D eigenvalue weighted by atomic mass is 15.2. The van der Waals surface area contributed by atoms with Crippen LogP contribution in [0.4, 0.5) is 17.3 Å². The molecule has 0 bridgehead atoms. The predicted molar refractivity (Wildman–Crippen MR) is 77.9 cm³/mol. The summed E-state index contributed by atoms with van der Waals surface area (Å²) >= 11 is 0. The first-order valence-corrected chi connectivity index (χ1v) is 6.48. The van der Waals surface area contributed by atoms with Gasteiger partial charge in [0.1, 0.15) is 12.0 Å². The zero-order valence-electron chi connectivity index (χ0n) is 12.1. The van der Waals surface area contributed by atoms with Gasteiger partial charge in [0.05, 0.1) is 0 Å². The van der Waals surface area contributed by atoms with Gasteiger partial charge in [0.25, 0.3) is 0 Å². The maximum absolute atomic E-state index is 6.12. The third kappa shape index (κ3) is 3.75. The van der Waals surface area contributed by atoms with Crippen LogP contribution in [0.15, 0.2) is 6.33 Å². The summed E-state index contributed by atoms with van der Waals surface area (Å²) in [6, 6.07) is 0. The number of nitrogen functional groups attached to an aromatic ring is 1. The largest absolute Gasteiger partial charge is 0.393 e. The first kappa shape index (κ1) is 14.5. The zero-order chi connectivity index (χ0) is 13.7. The van der Waals surface area contributed by atoms with Gasteiger partial charge in [0, 0.05) is 20.1 Å². The fourth-order valence-electron chi connectivity index (χ4n) is 1.97. The van der Waals surface area contributed by atoms with Crippen molar-refractivity contribution in [3.8, 4) is 0 Å². The molecule has 0 aliphatic heterocycles. The van der Waals surface area contributed by atoms with Gasteiger partial charge in [-0.2, -0.15) is 0 Å². The molecule has 0 radical (unpaired) electrons. The number of nitrogens with two attached hydrogens (primary N) is 1. The Morgan fingerprint density at radius 3 is 2.17 bits per heavy atom. The van der Waals surface area contributed by atoms with E-state index in [0.717, 1.165) is 18.9 Å². The lowest BCUT2D eigenvalue weighted by atomic mass is 10.1. The van der Waals surface area contributed by atoms with E-state index in [4.69, 9.17) is 5.73 Å². The minimum absolute atomic E-state index is 0.566. The topological polar surface area (TPSA) is 67.1 Å². The summed E-state index contributed by atoms with van der Waals surface area (Å²) in [6.07, 6.45) is 1.56. The minimum Gasteiger partial charge on any atom is -0.393 e. The van der Waals surface area contributed by atoms with Crippen molar-refractivity contribution in [2.45, 2.75) is 27.7 Å². The number of anilines is 3. The van der Waals surface area contributed by atoms with Crippen molar-refractivity contribution >= 4 is 17.3 Å². The summed E-state index contributed by atoms with van der Waals surface area (Å²) in [7, 11) is 1.82. The van der Waals surface area contributed by atoms with Gasteiger partial charge in [-0.1, -0.05) is 27.7 Å². The van der Waals surface area contributed by atoms with E-state index >= 15 is 0 Å². The average Bonchev–Trinajstić information content (AvgIpc) is 2.27. The van der Waals surface area contributed by atoms with E-state index in [9.17, 15) is 0 Å². The molecule has 0 aliphatic carbocycles. The van der Waals surface area contributed by atoms with Crippen molar-refractivity contribution in [2.24, 2.45) is 11.8 Å². The number of hydrogen-bond donors (Lipinski definition) is 2. The van der Waals surface area contributed by atoms with Crippen molar-refractivity contribution in [1.82, 2.24) is 9.97 Å². The Kier molecular flexibility index (Phi) is 5.19. The number of aromatic nitrogens is 2. The van der Waals surface area contributed by atoms with Gasteiger partial charge in [-0.15, -0.1) is 0 Å². The van der Waals surface area contributed by atoms with Crippen molar-refractivity contribution in [2.75, 3.05) is 36.1 Å². The zero-order valence-corrected chi connectivity index (χ0v) is 12.1. The van der Waals surface area contributed by atoms with Crippen LogP contribution in [-0.2, 0) is 0 Å². The Morgan fingerprint density at radius 1 is 1.17 bits per heavy atom. The first-order chi connectivity index (χ1) is 8.45. The van der Waals surface area contributed by atoms with E-state index in [-0.39, 0.29) is 0 Å². The molecule has 0 aromatic carbocycles. The molecule has 0 fully saturated rings. The lowest BCUT2D eigenvalue weighted by Crippen LogP contribution is -2.32. The molecule has 3 N–H and O–H groups in total. The number of rotatable bonds is 6. The second-order valence-electron chi connectivity index (χ2n) is 5.40. The molecule has 5 heteroatoms. The highest BCUT2D eigenvalue weighted by Crippen LogP contribution is 2.26. The van der Waals surface area contributed by atoms with E-state index in [2.05, 4.69) is 47.9 Å². The highest BCUT2D eigenvalue weighted by Gasteiger charge is 2.16. The van der Waals surface area contributed by atoms with Gasteiger partial charge in [-0.05, 0) is 11.8 Å². The lowest BCUT2D eigenvalue weighted by molar-refractivity contribution is 0.549. The molecule has 0 saturated carbocycles. The summed E-state index contributed by atoms with van der Waals surface area (Å²) < 4.78 is 0. The number of nitrogens with zero attached hydrogens (tertiary/aromatic N) is 3. The fourth-order valence-corrected chi connectivity index (χ4v) is 1.97. The van der Waals surface area contributed by atoms with Crippen LogP contribution in [-0.4, -0.2) is 30.1 Å². The molecular weight excluding hydrogens is 226 g/mol. The SMILES string of the molecule is CNc1ncnc(N(CC(C)C)CC(C)C)c1N. The van der Waals surface area contributed by atoms with E-state index in [1.807, 2.05) is 7.05 Å². The van der Waals surface area contributed by atoms with Gasteiger partial charge < -0.3 is 16.0 Å². The fraction of sp³-hybridized carbons (Fsp3) is 0.692. The molecule has 5 nitrogen and oxygen atoms in total. The van der Waals surface area contributed by atoms with E-state index in [0.29, 0.717) is 23.3 Å². The molecular formula is C13H25N5. The number of hydrogen-bond acceptors (Lipinski definition) is 5. The Bertz CT molecular complexity index is 366. The van der Waals surface area contributed by atoms with E-state index in [1.165, 1.54) is 0 Å². The van der Waals surface area contributed by atoms with Gasteiger partial charge in [-0.25, -0.2) is 9.97 Å². The normalized spacial score (nSPS) is 11.1. The Morgan fingerprint density at radius 2 is 1.72 bits per heavy atom. The van der Waals surface area contributed by atoms with Crippen LogP contribution in [0.3, 0.4) is 0 Å². The van der Waals surface area contributed by atoms with Crippen LogP contribution in [0.5, 0.6) is 0 Å². The second kappa shape index (κ2) is 6.42. The molecule has 1 heterocycles. The second-order valence-corrected chi connectivity index (χ2v) is 5.40. The molecule has 1 aromatic heterocycles. The quantitative estimate of drug-likeness (QED) is 0.811. The minimum atomic E-state index is 0.566. The van der Waals surface area contributed by atoms with Gasteiger partial charge >= 0.3 is 0 Å². The third-order valence-corrected chi connectivity index (χ3v) is 2.57. The molecule has 0 saturated heterocycles. The van der Waals surface area contributed by atoms with Crippen LogP contribution in [0.1, 0.15) is 27.7 Å². The molecule has 0 unspecified atom stereocenters. The molecule has 102 valence electrons. The van der Waals surface area contributed by atoms with Crippen LogP contribution in [0.2, 0.25) is 0 Å². The Labute approximate surface area is 110 Å². The third-order valence-electron chi connectivity index (χ3n) is 2.57. The molecule has 1 rings (SSSR count).